The zero-order chi connectivity index (χ0) is 14.3. The van der Waals surface area contributed by atoms with Crippen LogP contribution in [-0.4, -0.2) is 42.6 Å². The Hall–Kier alpha value is -2.14. The van der Waals surface area contributed by atoms with Gasteiger partial charge in [-0.15, -0.1) is 0 Å². The van der Waals surface area contributed by atoms with E-state index in [2.05, 4.69) is 0 Å². The molecular formula is C14H17NO4. The number of methoxy groups -OCH3 is 1. The molecule has 1 rings (SSSR count). The molecule has 0 atom stereocenters. The quantitative estimate of drug-likeness (QED) is 0.788. The lowest BCUT2D eigenvalue weighted by molar-refractivity contribution is -0.134. The number of hydrogen-bond donors (Lipinski definition) is 1. The lowest BCUT2D eigenvalue weighted by atomic mass is 10.1. The molecule has 0 spiro atoms. The number of likely N-dealkylation sites (N-methyl/N-ethyl adjacent to an activating group) is 1. The summed E-state index contributed by atoms with van der Waals surface area (Å²) in [6, 6.07) is 7.36. The first-order valence-electron chi connectivity index (χ1n) is 5.75. The summed E-state index contributed by atoms with van der Waals surface area (Å²) in [5, 5.41) is 8.57. The summed E-state index contributed by atoms with van der Waals surface area (Å²) in [6.45, 7) is 0.506. The van der Waals surface area contributed by atoms with Crippen molar-refractivity contribution < 1.29 is 19.4 Å². The zero-order valence-corrected chi connectivity index (χ0v) is 11.0. The molecule has 0 saturated carbocycles. The monoisotopic (exact) mass is 263 g/mol. The van der Waals surface area contributed by atoms with Gasteiger partial charge in [-0.05, 0) is 23.3 Å². The lowest BCUT2D eigenvalue weighted by Crippen LogP contribution is -2.29. The summed E-state index contributed by atoms with van der Waals surface area (Å²) in [6.07, 6.45) is 2.60. The standard InChI is InChI=1S/C14H17NO4/c1-15(13(16)10-19-2)9-12-5-3-4-11(8-12)6-7-14(17)18/h3-8H,9-10H2,1-2H3,(H,17,18). The number of carbonyl (C=O) groups excluding carboxylic acids is 1. The molecule has 0 bridgehead atoms. The second kappa shape index (κ2) is 7.33. The molecule has 19 heavy (non-hydrogen) atoms. The van der Waals surface area contributed by atoms with Gasteiger partial charge in [-0.3, -0.25) is 4.79 Å². The smallest absolute Gasteiger partial charge is 0.328 e. The van der Waals surface area contributed by atoms with E-state index in [4.69, 9.17) is 9.84 Å². The van der Waals surface area contributed by atoms with E-state index in [9.17, 15) is 9.59 Å². The highest BCUT2D eigenvalue weighted by molar-refractivity contribution is 5.85. The number of hydrogen-bond acceptors (Lipinski definition) is 3. The third-order valence-corrected chi connectivity index (χ3v) is 2.48. The molecule has 1 amide bonds. The van der Waals surface area contributed by atoms with Gasteiger partial charge in [-0.2, -0.15) is 0 Å². The van der Waals surface area contributed by atoms with Crippen LogP contribution in [0.2, 0.25) is 0 Å². The van der Waals surface area contributed by atoms with Crippen LogP contribution in [-0.2, 0) is 20.9 Å². The third kappa shape index (κ3) is 5.35. The molecule has 0 saturated heterocycles. The van der Waals surface area contributed by atoms with Crippen molar-refractivity contribution in [2.75, 3.05) is 20.8 Å². The minimum atomic E-state index is -0.988. The number of aliphatic carboxylic acids is 1. The number of amides is 1. The maximum atomic E-state index is 11.6. The Bertz CT molecular complexity index is 482. The van der Waals surface area contributed by atoms with E-state index < -0.39 is 5.97 Å². The van der Waals surface area contributed by atoms with Gasteiger partial charge in [0, 0.05) is 26.8 Å². The van der Waals surface area contributed by atoms with Crippen molar-refractivity contribution in [1.29, 1.82) is 0 Å². The Balaban J connectivity index is 2.71. The molecule has 1 aromatic carbocycles. The van der Waals surface area contributed by atoms with E-state index in [1.54, 1.807) is 18.0 Å². The summed E-state index contributed by atoms with van der Waals surface area (Å²) in [5.41, 5.74) is 1.71. The molecule has 102 valence electrons. The van der Waals surface area contributed by atoms with Crippen LogP contribution in [0, 0.1) is 0 Å². The molecule has 1 N–H and O–H groups in total. The first-order valence-corrected chi connectivity index (χ1v) is 5.75. The van der Waals surface area contributed by atoms with Crippen molar-refractivity contribution in [2.24, 2.45) is 0 Å². The molecule has 0 aromatic heterocycles. The van der Waals surface area contributed by atoms with Gasteiger partial charge in [0.2, 0.25) is 5.91 Å². The predicted octanol–water partition coefficient (Wildman–Crippen LogP) is 1.39. The van der Waals surface area contributed by atoms with E-state index in [1.165, 1.54) is 13.2 Å². The molecule has 5 nitrogen and oxygen atoms in total. The number of nitrogens with zero attached hydrogens (tertiary/aromatic N) is 1. The predicted molar refractivity (Wildman–Crippen MR) is 71.5 cm³/mol. The Morgan fingerprint density at radius 3 is 2.79 bits per heavy atom. The second-order valence-electron chi connectivity index (χ2n) is 4.10. The van der Waals surface area contributed by atoms with Crippen molar-refractivity contribution in [1.82, 2.24) is 4.90 Å². The van der Waals surface area contributed by atoms with E-state index in [0.717, 1.165) is 17.2 Å². The van der Waals surface area contributed by atoms with Gasteiger partial charge in [0.05, 0.1) is 0 Å². The number of carbonyl (C=O) groups is 2. The average molecular weight is 263 g/mol. The Kier molecular flexibility index (Phi) is 5.75. The van der Waals surface area contributed by atoms with Gasteiger partial charge < -0.3 is 14.7 Å². The molecule has 0 unspecified atom stereocenters. The van der Waals surface area contributed by atoms with Crippen LogP contribution >= 0.6 is 0 Å². The van der Waals surface area contributed by atoms with Gasteiger partial charge in [0.25, 0.3) is 0 Å². The summed E-state index contributed by atoms with van der Waals surface area (Å²) >= 11 is 0. The van der Waals surface area contributed by atoms with E-state index in [1.807, 2.05) is 18.2 Å². The molecule has 0 aliphatic heterocycles. The van der Waals surface area contributed by atoms with E-state index >= 15 is 0 Å². The fourth-order valence-corrected chi connectivity index (χ4v) is 1.56. The molecule has 5 heteroatoms. The topological polar surface area (TPSA) is 66.8 Å². The maximum absolute atomic E-state index is 11.6. The Morgan fingerprint density at radius 1 is 1.42 bits per heavy atom. The van der Waals surface area contributed by atoms with Crippen molar-refractivity contribution >= 4 is 18.0 Å². The average Bonchev–Trinajstić information content (AvgIpc) is 2.37. The number of rotatable bonds is 6. The highest BCUT2D eigenvalue weighted by atomic mass is 16.5. The molecule has 0 aliphatic rings. The van der Waals surface area contributed by atoms with Crippen LogP contribution in [0.15, 0.2) is 30.3 Å². The van der Waals surface area contributed by atoms with E-state index in [0.29, 0.717) is 6.54 Å². The fraction of sp³-hybridized carbons (Fsp3) is 0.286. The maximum Gasteiger partial charge on any atom is 0.328 e. The first kappa shape index (κ1) is 14.9. The Labute approximate surface area is 112 Å². The van der Waals surface area contributed by atoms with Gasteiger partial charge >= 0.3 is 5.97 Å². The van der Waals surface area contributed by atoms with Crippen LogP contribution < -0.4 is 0 Å². The zero-order valence-electron chi connectivity index (χ0n) is 11.0. The number of benzene rings is 1. The normalized spacial score (nSPS) is 10.6. The minimum Gasteiger partial charge on any atom is -0.478 e. The summed E-state index contributed by atoms with van der Waals surface area (Å²) in [4.78, 5) is 23.6. The minimum absolute atomic E-state index is 0.0507. The Morgan fingerprint density at radius 2 is 2.16 bits per heavy atom. The summed E-state index contributed by atoms with van der Waals surface area (Å²) < 4.78 is 4.78. The van der Waals surface area contributed by atoms with Crippen LogP contribution in [0.25, 0.3) is 6.08 Å². The van der Waals surface area contributed by atoms with Gasteiger partial charge in [0.1, 0.15) is 6.61 Å². The number of ether oxygens (including phenoxy) is 1. The molecule has 0 fully saturated rings. The highest BCUT2D eigenvalue weighted by Gasteiger charge is 2.08. The van der Waals surface area contributed by atoms with Gasteiger partial charge in [-0.1, -0.05) is 18.2 Å². The van der Waals surface area contributed by atoms with Crippen LogP contribution in [0.1, 0.15) is 11.1 Å². The van der Waals surface area contributed by atoms with Gasteiger partial charge in [-0.25, -0.2) is 4.79 Å². The fourth-order valence-electron chi connectivity index (χ4n) is 1.56. The van der Waals surface area contributed by atoms with Crippen LogP contribution in [0.4, 0.5) is 0 Å². The molecule has 0 heterocycles. The third-order valence-electron chi connectivity index (χ3n) is 2.48. The SMILES string of the molecule is COCC(=O)N(C)Cc1cccc(C=CC(=O)O)c1. The highest BCUT2D eigenvalue weighted by Crippen LogP contribution is 2.09. The van der Waals surface area contributed by atoms with Crippen molar-refractivity contribution in [3.05, 3.63) is 41.5 Å². The van der Waals surface area contributed by atoms with Crippen LogP contribution in [0.3, 0.4) is 0 Å². The number of carboxylic acids is 1. The lowest BCUT2D eigenvalue weighted by Gasteiger charge is -2.16. The van der Waals surface area contributed by atoms with Gasteiger partial charge in [0.15, 0.2) is 0 Å². The van der Waals surface area contributed by atoms with E-state index in [-0.39, 0.29) is 12.5 Å². The molecule has 1 aromatic rings. The first-order chi connectivity index (χ1) is 9.02. The van der Waals surface area contributed by atoms with Crippen molar-refractivity contribution in [3.63, 3.8) is 0 Å². The van der Waals surface area contributed by atoms with Crippen molar-refractivity contribution in [3.8, 4) is 0 Å². The van der Waals surface area contributed by atoms with Crippen LogP contribution in [0.5, 0.6) is 0 Å². The second-order valence-corrected chi connectivity index (χ2v) is 4.10. The molecule has 0 radical (unpaired) electrons. The molecular weight excluding hydrogens is 246 g/mol. The summed E-state index contributed by atoms with van der Waals surface area (Å²) in [5.74, 6) is -1.09. The number of carboxylic acid groups (broad SMARTS) is 1. The summed E-state index contributed by atoms with van der Waals surface area (Å²) in [7, 11) is 3.17. The molecule has 0 aliphatic carbocycles. The largest absolute Gasteiger partial charge is 0.478 e. The van der Waals surface area contributed by atoms with Crippen molar-refractivity contribution in [2.45, 2.75) is 6.54 Å².